The Morgan fingerprint density at radius 1 is 1.08 bits per heavy atom. The summed E-state index contributed by atoms with van der Waals surface area (Å²) in [4.78, 5) is 11.0. The quantitative estimate of drug-likeness (QED) is 0.674. The van der Waals surface area contributed by atoms with E-state index in [2.05, 4.69) is 4.72 Å². The predicted octanol–water partition coefficient (Wildman–Crippen LogP) is 1.59. The molecule has 0 aliphatic heterocycles. The van der Waals surface area contributed by atoms with Gasteiger partial charge in [0.25, 0.3) is 10.0 Å². The van der Waals surface area contributed by atoms with Crippen molar-refractivity contribution in [2.24, 2.45) is 5.14 Å². The smallest absolute Gasteiger partial charge is 0.335 e. The normalized spacial score (nSPS) is 12.0. The third-order valence-electron chi connectivity index (χ3n) is 3.73. The first-order valence-corrected chi connectivity index (χ1v) is 10.6. The Kier molecular flexibility index (Phi) is 5.40. The third-order valence-corrected chi connectivity index (χ3v) is 5.97. The molecule has 10 heteroatoms. The van der Waals surface area contributed by atoms with Gasteiger partial charge in [-0.05, 0) is 54.8 Å². The van der Waals surface area contributed by atoms with E-state index in [1.165, 1.54) is 30.3 Å². The molecule has 0 aromatic heterocycles. The third kappa shape index (κ3) is 4.81. The molecule has 0 heterocycles. The maximum Gasteiger partial charge on any atom is 0.335 e. The van der Waals surface area contributed by atoms with Gasteiger partial charge in [0.1, 0.15) is 0 Å². The van der Waals surface area contributed by atoms with Gasteiger partial charge in [-0.25, -0.2) is 26.8 Å². The van der Waals surface area contributed by atoms with Gasteiger partial charge in [0.15, 0.2) is 0 Å². The van der Waals surface area contributed by atoms with Crippen LogP contribution >= 0.6 is 0 Å². The number of hydrogen-bond acceptors (Lipinski definition) is 5. The number of aromatic carboxylic acids is 1. The van der Waals surface area contributed by atoms with Gasteiger partial charge in [0.2, 0.25) is 10.0 Å². The molecule has 0 amide bonds. The average Bonchev–Trinajstić information content (AvgIpc) is 2.49. The highest BCUT2D eigenvalue weighted by molar-refractivity contribution is 7.92. The van der Waals surface area contributed by atoms with E-state index in [0.29, 0.717) is 16.7 Å². The van der Waals surface area contributed by atoms with Crippen molar-refractivity contribution in [1.82, 2.24) is 0 Å². The molecule has 2 rings (SSSR count). The van der Waals surface area contributed by atoms with Crippen LogP contribution in [0.2, 0.25) is 0 Å². The number of carboxylic acids is 1. The van der Waals surface area contributed by atoms with Crippen LogP contribution in [0.4, 0.5) is 5.69 Å². The number of primary sulfonamides is 1. The van der Waals surface area contributed by atoms with Crippen LogP contribution in [0.15, 0.2) is 41.3 Å². The van der Waals surface area contributed by atoms with Crippen molar-refractivity contribution in [2.45, 2.75) is 24.5 Å². The molecule has 0 aliphatic carbocycles. The van der Waals surface area contributed by atoms with Gasteiger partial charge in [-0.1, -0.05) is 12.1 Å². The Morgan fingerprint density at radius 2 is 1.65 bits per heavy atom. The predicted molar refractivity (Wildman–Crippen MR) is 96.9 cm³/mol. The summed E-state index contributed by atoms with van der Waals surface area (Å²) in [5.41, 5.74) is 1.47. The molecule has 0 saturated carbocycles. The van der Waals surface area contributed by atoms with E-state index in [4.69, 9.17) is 10.2 Å². The van der Waals surface area contributed by atoms with Gasteiger partial charge in [-0.15, -0.1) is 0 Å². The minimum Gasteiger partial charge on any atom is -0.478 e. The summed E-state index contributed by atoms with van der Waals surface area (Å²) in [7, 11) is -7.71. The van der Waals surface area contributed by atoms with Crippen LogP contribution in [0.5, 0.6) is 0 Å². The molecule has 2 aromatic rings. The van der Waals surface area contributed by atoms with Gasteiger partial charge >= 0.3 is 5.97 Å². The van der Waals surface area contributed by atoms with E-state index >= 15 is 0 Å². The molecule has 140 valence electrons. The summed E-state index contributed by atoms with van der Waals surface area (Å²) < 4.78 is 49.8. The van der Waals surface area contributed by atoms with Gasteiger partial charge < -0.3 is 5.11 Å². The largest absolute Gasteiger partial charge is 0.478 e. The maximum atomic E-state index is 12.6. The second kappa shape index (κ2) is 7.06. The highest BCUT2D eigenvalue weighted by Crippen LogP contribution is 2.24. The van der Waals surface area contributed by atoms with Crippen molar-refractivity contribution < 1.29 is 26.7 Å². The lowest BCUT2D eigenvalue weighted by Crippen LogP contribution is -2.16. The summed E-state index contributed by atoms with van der Waals surface area (Å²) in [5.74, 6) is -1.59. The Balaban J connectivity index is 2.36. The van der Waals surface area contributed by atoms with Crippen LogP contribution in [-0.4, -0.2) is 27.9 Å². The fourth-order valence-corrected chi connectivity index (χ4v) is 4.40. The molecule has 0 spiro atoms. The molecule has 26 heavy (non-hydrogen) atoms. The first kappa shape index (κ1) is 19.9. The van der Waals surface area contributed by atoms with E-state index in [9.17, 15) is 21.6 Å². The Bertz CT molecular complexity index is 1060. The van der Waals surface area contributed by atoms with Gasteiger partial charge in [-0.2, -0.15) is 0 Å². The molecule has 0 bridgehead atoms. The summed E-state index contributed by atoms with van der Waals surface area (Å²) >= 11 is 0. The van der Waals surface area contributed by atoms with Crippen LogP contribution in [0, 0.1) is 13.8 Å². The lowest BCUT2D eigenvalue weighted by Gasteiger charge is -2.13. The average molecular weight is 398 g/mol. The van der Waals surface area contributed by atoms with Crippen LogP contribution in [-0.2, 0) is 25.8 Å². The van der Waals surface area contributed by atoms with Crippen molar-refractivity contribution in [1.29, 1.82) is 0 Å². The zero-order valence-electron chi connectivity index (χ0n) is 14.1. The number of hydrogen-bond donors (Lipinski definition) is 3. The fraction of sp³-hybridized carbons (Fsp3) is 0.188. The second-order valence-electron chi connectivity index (χ2n) is 5.83. The van der Waals surface area contributed by atoms with Crippen LogP contribution in [0.3, 0.4) is 0 Å². The lowest BCUT2D eigenvalue weighted by atomic mass is 10.1. The van der Waals surface area contributed by atoms with E-state index in [1.807, 2.05) is 0 Å². The van der Waals surface area contributed by atoms with Gasteiger partial charge in [-0.3, -0.25) is 4.72 Å². The standard InChI is InChI=1S/C16H18N2O6S2/c1-10-7-13(16(19)20)8-15(11(10)2)26(23,24)18-14-5-3-12(4-6-14)9-25(17,21)22/h3-8,18H,9H2,1-2H3,(H,19,20)(H2,17,21,22). The summed E-state index contributed by atoms with van der Waals surface area (Å²) in [6.07, 6.45) is 0. The van der Waals surface area contributed by atoms with E-state index in [-0.39, 0.29) is 21.9 Å². The number of anilines is 1. The van der Waals surface area contributed by atoms with E-state index in [0.717, 1.165) is 6.07 Å². The summed E-state index contributed by atoms with van der Waals surface area (Å²) in [6, 6.07) is 8.19. The summed E-state index contributed by atoms with van der Waals surface area (Å²) in [5, 5.41) is 14.1. The number of carbonyl (C=O) groups is 1. The number of benzene rings is 2. The molecule has 2 aromatic carbocycles. The second-order valence-corrected chi connectivity index (χ2v) is 9.10. The molecule has 0 aliphatic rings. The van der Waals surface area contributed by atoms with Gasteiger partial charge in [0, 0.05) is 5.69 Å². The fourth-order valence-electron chi connectivity index (χ4n) is 2.34. The zero-order valence-corrected chi connectivity index (χ0v) is 15.7. The molecule has 0 atom stereocenters. The maximum absolute atomic E-state index is 12.6. The molecule has 0 fully saturated rings. The number of nitrogens with one attached hydrogen (secondary N) is 1. The highest BCUT2D eigenvalue weighted by atomic mass is 32.2. The molecular formula is C16H18N2O6S2. The van der Waals surface area contributed by atoms with Gasteiger partial charge in [0.05, 0.1) is 16.2 Å². The van der Waals surface area contributed by atoms with Crippen LogP contribution < -0.4 is 9.86 Å². The number of sulfonamides is 2. The molecular weight excluding hydrogens is 380 g/mol. The van der Waals surface area contributed by atoms with E-state index in [1.54, 1.807) is 13.8 Å². The molecule has 0 radical (unpaired) electrons. The number of carboxylic acid groups (broad SMARTS) is 1. The first-order chi connectivity index (χ1) is 11.9. The van der Waals surface area contributed by atoms with Crippen molar-refractivity contribution >= 4 is 31.7 Å². The monoisotopic (exact) mass is 398 g/mol. The minimum atomic E-state index is -4.03. The lowest BCUT2D eigenvalue weighted by molar-refractivity contribution is 0.0696. The Hall–Kier alpha value is -2.43. The van der Waals surface area contributed by atoms with Crippen molar-refractivity contribution in [3.8, 4) is 0 Å². The Morgan fingerprint density at radius 3 is 2.15 bits per heavy atom. The highest BCUT2D eigenvalue weighted by Gasteiger charge is 2.21. The van der Waals surface area contributed by atoms with Crippen molar-refractivity contribution in [2.75, 3.05) is 4.72 Å². The number of rotatable bonds is 6. The number of aryl methyl sites for hydroxylation is 1. The first-order valence-electron chi connectivity index (χ1n) is 7.36. The summed E-state index contributed by atoms with van der Waals surface area (Å²) in [6.45, 7) is 3.22. The molecule has 0 unspecified atom stereocenters. The van der Waals surface area contributed by atoms with E-state index < -0.39 is 26.0 Å². The molecule has 4 N–H and O–H groups in total. The topological polar surface area (TPSA) is 144 Å². The molecule has 8 nitrogen and oxygen atoms in total. The Labute approximate surface area is 151 Å². The molecule has 0 saturated heterocycles. The number of nitrogens with two attached hydrogens (primary N) is 1. The van der Waals surface area contributed by atoms with Crippen molar-refractivity contribution in [3.05, 3.63) is 58.7 Å². The zero-order chi connectivity index (χ0) is 19.7. The van der Waals surface area contributed by atoms with Crippen molar-refractivity contribution in [3.63, 3.8) is 0 Å². The van der Waals surface area contributed by atoms with Crippen LogP contribution in [0.25, 0.3) is 0 Å². The SMILES string of the molecule is Cc1cc(C(=O)O)cc(S(=O)(=O)Nc2ccc(CS(N)(=O)=O)cc2)c1C. The van der Waals surface area contributed by atoms with Crippen LogP contribution in [0.1, 0.15) is 27.0 Å². The minimum absolute atomic E-state index is 0.128.